The summed E-state index contributed by atoms with van der Waals surface area (Å²) < 4.78 is 7.05. The summed E-state index contributed by atoms with van der Waals surface area (Å²) in [5.41, 5.74) is 5.00. The van der Waals surface area contributed by atoms with Crippen LogP contribution in [0.5, 0.6) is 0 Å². The Bertz CT molecular complexity index is 1130. The zero-order chi connectivity index (χ0) is 20.7. The molecule has 0 N–H and O–H groups in total. The first-order valence-corrected chi connectivity index (χ1v) is 10.6. The minimum absolute atomic E-state index is 0.0829. The first-order chi connectivity index (χ1) is 14.6. The SMILES string of the molecule is Cc1ccc(-c2cc3c(n(CC4CCC4)c2=O)CCN(C(=O)c2ccno2)C3)cc1. The molecule has 0 spiro atoms. The zero-order valence-electron chi connectivity index (χ0n) is 17.1. The van der Waals surface area contributed by atoms with E-state index >= 15 is 0 Å². The molecule has 0 saturated heterocycles. The third-order valence-electron chi connectivity index (χ3n) is 6.43. The molecular formula is C24H25N3O3. The van der Waals surface area contributed by atoms with Crippen LogP contribution < -0.4 is 5.56 Å². The van der Waals surface area contributed by atoms with Crippen molar-refractivity contribution in [3.63, 3.8) is 0 Å². The molecule has 3 heterocycles. The predicted octanol–water partition coefficient (Wildman–Crippen LogP) is 3.81. The quantitative estimate of drug-likeness (QED) is 0.664. The number of pyridine rings is 1. The van der Waals surface area contributed by atoms with Gasteiger partial charge in [-0.15, -0.1) is 0 Å². The van der Waals surface area contributed by atoms with Gasteiger partial charge >= 0.3 is 0 Å². The molecule has 1 aliphatic heterocycles. The van der Waals surface area contributed by atoms with Gasteiger partial charge in [0.1, 0.15) is 0 Å². The molecule has 30 heavy (non-hydrogen) atoms. The fraction of sp³-hybridized carbons (Fsp3) is 0.375. The van der Waals surface area contributed by atoms with Crippen molar-refractivity contribution < 1.29 is 9.32 Å². The number of benzene rings is 1. The van der Waals surface area contributed by atoms with Crippen LogP contribution in [0.3, 0.4) is 0 Å². The van der Waals surface area contributed by atoms with E-state index in [9.17, 15) is 9.59 Å². The summed E-state index contributed by atoms with van der Waals surface area (Å²) in [6, 6.07) is 11.7. The van der Waals surface area contributed by atoms with Gasteiger partial charge in [0.15, 0.2) is 0 Å². The number of aromatic nitrogens is 2. The average Bonchev–Trinajstić information content (AvgIpc) is 3.26. The maximum atomic E-state index is 13.5. The Kier molecular flexibility index (Phi) is 4.77. The van der Waals surface area contributed by atoms with E-state index in [2.05, 4.69) is 5.16 Å². The lowest BCUT2D eigenvalue weighted by molar-refractivity contribution is 0.0689. The Labute approximate surface area is 175 Å². The molecule has 1 aliphatic carbocycles. The van der Waals surface area contributed by atoms with Crippen LogP contribution in [0, 0.1) is 12.8 Å². The maximum Gasteiger partial charge on any atom is 0.292 e. The lowest BCUT2D eigenvalue weighted by atomic mass is 9.85. The van der Waals surface area contributed by atoms with E-state index in [1.165, 1.54) is 25.5 Å². The predicted molar refractivity (Wildman–Crippen MR) is 113 cm³/mol. The Hall–Kier alpha value is -3.15. The molecular weight excluding hydrogens is 378 g/mol. The number of amides is 1. The Morgan fingerprint density at radius 1 is 1.20 bits per heavy atom. The zero-order valence-corrected chi connectivity index (χ0v) is 17.1. The average molecular weight is 403 g/mol. The highest BCUT2D eigenvalue weighted by Gasteiger charge is 2.28. The van der Waals surface area contributed by atoms with Crippen molar-refractivity contribution in [2.45, 2.75) is 45.7 Å². The molecule has 2 aromatic heterocycles. The smallest absolute Gasteiger partial charge is 0.292 e. The van der Waals surface area contributed by atoms with Gasteiger partial charge < -0.3 is 14.0 Å². The van der Waals surface area contributed by atoms with Gasteiger partial charge in [0, 0.05) is 43.4 Å². The molecule has 0 atom stereocenters. The van der Waals surface area contributed by atoms with Crippen LogP contribution in [0.25, 0.3) is 11.1 Å². The highest BCUT2D eigenvalue weighted by atomic mass is 16.5. The second-order valence-corrected chi connectivity index (χ2v) is 8.46. The summed E-state index contributed by atoms with van der Waals surface area (Å²) in [4.78, 5) is 28.0. The molecule has 2 aliphatic rings. The van der Waals surface area contributed by atoms with E-state index in [1.54, 1.807) is 11.0 Å². The van der Waals surface area contributed by atoms with E-state index in [-0.39, 0.29) is 17.2 Å². The van der Waals surface area contributed by atoms with Crippen molar-refractivity contribution in [1.29, 1.82) is 0 Å². The normalized spacial score (nSPS) is 16.2. The van der Waals surface area contributed by atoms with Gasteiger partial charge in [0.25, 0.3) is 11.5 Å². The fourth-order valence-electron chi connectivity index (χ4n) is 4.44. The third-order valence-corrected chi connectivity index (χ3v) is 6.43. The van der Waals surface area contributed by atoms with Gasteiger partial charge in [-0.25, -0.2) is 0 Å². The van der Waals surface area contributed by atoms with Crippen LogP contribution >= 0.6 is 0 Å². The van der Waals surface area contributed by atoms with Crippen molar-refractivity contribution in [3.8, 4) is 11.1 Å². The third kappa shape index (κ3) is 3.36. The summed E-state index contributed by atoms with van der Waals surface area (Å²) in [6.45, 7) is 3.86. The molecule has 6 heteroatoms. The van der Waals surface area contributed by atoms with E-state index < -0.39 is 0 Å². The molecule has 0 unspecified atom stereocenters. The monoisotopic (exact) mass is 403 g/mol. The number of aryl methyl sites for hydroxylation is 1. The van der Waals surface area contributed by atoms with Gasteiger partial charge in [0.2, 0.25) is 5.76 Å². The van der Waals surface area contributed by atoms with Crippen molar-refractivity contribution in [2.24, 2.45) is 5.92 Å². The van der Waals surface area contributed by atoms with E-state index in [0.29, 0.717) is 31.0 Å². The Morgan fingerprint density at radius 2 is 2.00 bits per heavy atom. The second kappa shape index (κ2) is 7.59. The number of carbonyl (C=O) groups is 1. The molecule has 5 rings (SSSR count). The standard InChI is InChI=1S/C24H25N3O3/c1-16-5-7-18(8-6-16)20-13-19-15-26(24(29)22-9-11-25-30-22)12-10-21(19)27(23(20)28)14-17-3-2-4-17/h5-9,11,13,17H,2-4,10,12,14-15H2,1H3. The highest BCUT2D eigenvalue weighted by molar-refractivity contribution is 5.91. The van der Waals surface area contributed by atoms with Gasteiger partial charge in [-0.1, -0.05) is 41.4 Å². The summed E-state index contributed by atoms with van der Waals surface area (Å²) in [5, 5.41) is 3.65. The number of fused-ring (bicyclic) bond motifs is 1. The first kappa shape index (κ1) is 18.9. The number of hydrogen-bond acceptors (Lipinski definition) is 4. The molecule has 3 aromatic rings. The maximum absolute atomic E-state index is 13.5. The van der Waals surface area contributed by atoms with Crippen LogP contribution in [0.2, 0.25) is 0 Å². The molecule has 1 fully saturated rings. The Morgan fingerprint density at radius 3 is 2.67 bits per heavy atom. The molecule has 0 radical (unpaired) electrons. The van der Waals surface area contributed by atoms with Gasteiger partial charge in [0.05, 0.1) is 6.20 Å². The fourth-order valence-corrected chi connectivity index (χ4v) is 4.44. The van der Waals surface area contributed by atoms with Crippen LogP contribution in [0.1, 0.15) is 46.6 Å². The second-order valence-electron chi connectivity index (χ2n) is 8.46. The van der Waals surface area contributed by atoms with Crippen LogP contribution in [-0.2, 0) is 19.5 Å². The molecule has 1 aromatic carbocycles. The summed E-state index contributed by atoms with van der Waals surface area (Å²) >= 11 is 0. The van der Waals surface area contributed by atoms with Gasteiger partial charge in [-0.05, 0) is 42.9 Å². The van der Waals surface area contributed by atoms with E-state index in [0.717, 1.165) is 28.9 Å². The van der Waals surface area contributed by atoms with Crippen molar-refractivity contribution in [1.82, 2.24) is 14.6 Å². The van der Waals surface area contributed by atoms with Gasteiger partial charge in [-0.2, -0.15) is 0 Å². The largest absolute Gasteiger partial charge is 0.351 e. The summed E-state index contributed by atoms with van der Waals surface area (Å²) in [6.07, 6.45) is 5.78. The Balaban J connectivity index is 1.56. The number of nitrogens with zero attached hydrogens (tertiary/aromatic N) is 3. The number of hydrogen-bond donors (Lipinski definition) is 0. The van der Waals surface area contributed by atoms with E-state index in [4.69, 9.17) is 4.52 Å². The van der Waals surface area contributed by atoms with Crippen LogP contribution in [0.15, 0.2) is 51.9 Å². The van der Waals surface area contributed by atoms with Crippen molar-refractivity contribution in [3.05, 3.63) is 75.5 Å². The summed E-state index contributed by atoms with van der Waals surface area (Å²) in [7, 11) is 0. The minimum Gasteiger partial charge on any atom is -0.351 e. The lowest BCUT2D eigenvalue weighted by Crippen LogP contribution is -2.40. The van der Waals surface area contributed by atoms with Gasteiger partial charge in [-0.3, -0.25) is 9.59 Å². The molecule has 0 bridgehead atoms. The van der Waals surface area contributed by atoms with Crippen molar-refractivity contribution in [2.75, 3.05) is 6.54 Å². The van der Waals surface area contributed by atoms with E-state index in [1.807, 2.05) is 41.8 Å². The topological polar surface area (TPSA) is 68.3 Å². The molecule has 6 nitrogen and oxygen atoms in total. The van der Waals surface area contributed by atoms with Crippen LogP contribution in [0.4, 0.5) is 0 Å². The molecule has 154 valence electrons. The van der Waals surface area contributed by atoms with Crippen LogP contribution in [-0.4, -0.2) is 27.1 Å². The molecule has 1 saturated carbocycles. The van der Waals surface area contributed by atoms with Crippen molar-refractivity contribution >= 4 is 5.91 Å². The first-order valence-electron chi connectivity index (χ1n) is 10.6. The number of carbonyl (C=O) groups excluding carboxylic acids is 1. The lowest BCUT2D eigenvalue weighted by Gasteiger charge is -2.33. The summed E-state index contributed by atoms with van der Waals surface area (Å²) in [5.74, 6) is 0.667. The highest BCUT2D eigenvalue weighted by Crippen LogP contribution is 2.30. The number of rotatable bonds is 4. The minimum atomic E-state index is -0.160. The molecule has 1 amide bonds.